The molecule has 8 rings (SSSR count). The minimum atomic E-state index is 0.387. The van der Waals surface area contributed by atoms with E-state index in [1.807, 2.05) is 67.6 Å². The summed E-state index contributed by atoms with van der Waals surface area (Å²) in [5.41, 5.74) is 6.85. The highest BCUT2D eigenvalue weighted by Crippen LogP contribution is 2.36. The van der Waals surface area contributed by atoms with Gasteiger partial charge in [-0.1, -0.05) is 35.9 Å². The Morgan fingerprint density at radius 3 is 1.52 bits per heavy atom. The molecule has 4 aromatic carbocycles. The molecule has 12 nitrogen and oxygen atoms in total. The van der Waals surface area contributed by atoms with Crippen LogP contribution in [0.4, 0.5) is 11.4 Å². The Morgan fingerprint density at radius 2 is 1.04 bits per heavy atom. The van der Waals surface area contributed by atoms with E-state index in [1.54, 1.807) is 20.5 Å². The van der Waals surface area contributed by atoms with E-state index >= 15 is 0 Å². The van der Waals surface area contributed by atoms with E-state index in [0.29, 0.717) is 37.3 Å². The Balaban J connectivity index is 0.000000167. The topological polar surface area (TPSA) is 113 Å². The van der Waals surface area contributed by atoms with Crippen LogP contribution in [0.3, 0.4) is 0 Å². The van der Waals surface area contributed by atoms with E-state index in [2.05, 4.69) is 41.9 Å². The number of methoxy groups -OCH3 is 2. The van der Waals surface area contributed by atoms with Gasteiger partial charge < -0.3 is 38.2 Å². The van der Waals surface area contributed by atoms with Crippen LogP contribution in [-0.2, 0) is 22.7 Å². The number of fused-ring (bicyclic) bond motifs is 2. The van der Waals surface area contributed by atoms with Gasteiger partial charge in [-0.2, -0.15) is 0 Å². The van der Waals surface area contributed by atoms with Gasteiger partial charge in [0.15, 0.2) is 0 Å². The van der Waals surface area contributed by atoms with E-state index in [9.17, 15) is 0 Å². The summed E-state index contributed by atoms with van der Waals surface area (Å²) in [7, 11) is 3.31. The van der Waals surface area contributed by atoms with Crippen LogP contribution in [0.1, 0.15) is 16.8 Å². The van der Waals surface area contributed by atoms with Gasteiger partial charge >= 0.3 is 0 Å². The molecule has 0 atom stereocenters. The van der Waals surface area contributed by atoms with Crippen LogP contribution >= 0.6 is 11.6 Å². The third kappa shape index (κ3) is 8.84. The number of ether oxygens (including phenoxy) is 6. The minimum absolute atomic E-state index is 0.387. The highest BCUT2D eigenvalue weighted by molar-refractivity contribution is 6.34. The smallest absolute Gasteiger partial charge is 0.144 e. The highest BCUT2D eigenvalue weighted by Gasteiger charge is 2.18. The molecule has 6 aromatic rings. The van der Waals surface area contributed by atoms with Crippen molar-refractivity contribution in [1.82, 2.24) is 19.9 Å². The summed E-state index contributed by atoms with van der Waals surface area (Å²) in [5, 5.41) is 2.07. The van der Waals surface area contributed by atoms with Crippen molar-refractivity contribution < 1.29 is 28.4 Å². The molecule has 0 spiro atoms. The first-order valence-corrected chi connectivity index (χ1v) is 18.2. The van der Waals surface area contributed by atoms with E-state index in [-0.39, 0.29) is 0 Å². The maximum absolute atomic E-state index is 6.34. The second-order valence-corrected chi connectivity index (χ2v) is 13.1. The largest absolute Gasteiger partial charge is 0.497 e. The molecular formula is C41H43ClN6O6. The van der Waals surface area contributed by atoms with Crippen LogP contribution in [0.5, 0.6) is 23.0 Å². The summed E-state index contributed by atoms with van der Waals surface area (Å²) in [4.78, 5) is 21.9. The maximum atomic E-state index is 6.34. The molecule has 0 N–H and O–H groups in total. The summed E-state index contributed by atoms with van der Waals surface area (Å²) < 4.78 is 33.7. The van der Waals surface area contributed by atoms with Gasteiger partial charge in [-0.3, -0.25) is 0 Å². The maximum Gasteiger partial charge on any atom is 0.144 e. The molecule has 54 heavy (non-hydrogen) atoms. The molecule has 2 aromatic heterocycles. The lowest BCUT2D eigenvalue weighted by atomic mass is 10.1. The molecule has 2 aliphatic heterocycles. The lowest BCUT2D eigenvalue weighted by Crippen LogP contribution is -2.36. The monoisotopic (exact) mass is 750 g/mol. The molecule has 0 bridgehead atoms. The molecule has 2 fully saturated rings. The van der Waals surface area contributed by atoms with E-state index in [4.69, 9.17) is 40.0 Å². The number of aromatic nitrogens is 4. The predicted molar refractivity (Wildman–Crippen MR) is 210 cm³/mol. The van der Waals surface area contributed by atoms with Gasteiger partial charge in [-0.05, 0) is 54.4 Å². The zero-order valence-electron chi connectivity index (χ0n) is 30.7. The van der Waals surface area contributed by atoms with E-state index in [1.165, 1.54) is 6.33 Å². The third-order valence-corrected chi connectivity index (χ3v) is 9.66. The van der Waals surface area contributed by atoms with Crippen LogP contribution < -0.4 is 28.7 Å². The first-order chi connectivity index (χ1) is 26.5. The third-order valence-electron chi connectivity index (χ3n) is 9.38. The average Bonchev–Trinajstić information content (AvgIpc) is 3.23. The minimum Gasteiger partial charge on any atom is -0.497 e. The molecule has 280 valence electrons. The standard InChI is InChI=1S/C21H23N3O3.C20H20ClN3O3/c1-15-21-19(23-14-22-15)11-17(24-7-9-26-10-8-24)12-20(21)27-13-16-3-5-18(25-2)6-4-16;1-25-16-4-2-14(3-5-16)12-27-18-11-15(24-6-8-26-9-7-24)10-17-19(18)20(21)23-13-22-17/h3-6,11-12,14H,7-10,13H2,1-2H3;2-5,10-11,13H,6-9,12H2,1H3. The molecule has 2 saturated heterocycles. The molecule has 2 aliphatic rings. The first-order valence-electron chi connectivity index (χ1n) is 17.9. The quantitative estimate of drug-likeness (QED) is 0.134. The number of nitrogens with zero attached hydrogens (tertiary/aromatic N) is 6. The van der Waals surface area contributed by atoms with Crippen molar-refractivity contribution in [2.75, 3.05) is 76.6 Å². The number of hydrogen-bond donors (Lipinski definition) is 0. The highest BCUT2D eigenvalue weighted by atomic mass is 35.5. The molecule has 4 heterocycles. The van der Waals surface area contributed by atoms with E-state index in [0.717, 1.165) is 107 Å². The lowest BCUT2D eigenvalue weighted by molar-refractivity contribution is 0.122. The number of aryl methyl sites for hydroxylation is 1. The molecule has 0 unspecified atom stereocenters. The summed E-state index contributed by atoms with van der Waals surface area (Å²) in [6, 6.07) is 23.9. The van der Waals surface area contributed by atoms with Crippen molar-refractivity contribution in [2.45, 2.75) is 20.1 Å². The van der Waals surface area contributed by atoms with Gasteiger partial charge in [-0.15, -0.1) is 0 Å². The molecule has 0 aliphatic carbocycles. The summed E-state index contributed by atoms with van der Waals surface area (Å²) in [6.07, 6.45) is 3.08. The van der Waals surface area contributed by atoms with Crippen molar-refractivity contribution in [3.8, 4) is 23.0 Å². The Labute approximate surface area is 319 Å². The van der Waals surface area contributed by atoms with Crippen LogP contribution in [0, 0.1) is 6.92 Å². The molecule has 0 saturated carbocycles. The molecule has 0 radical (unpaired) electrons. The molecule has 0 amide bonds. The summed E-state index contributed by atoms with van der Waals surface area (Å²) >= 11 is 6.34. The fraction of sp³-hybridized carbons (Fsp3) is 0.317. The van der Waals surface area contributed by atoms with Crippen LogP contribution in [0.15, 0.2) is 85.5 Å². The van der Waals surface area contributed by atoms with Gasteiger partial charge in [-0.25, -0.2) is 19.9 Å². The van der Waals surface area contributed by atoms with Crippen molar-refractivity contribution in [1.29, 1.82) is 0 Å². The Bertz CT molecular complexity index is 2010. The summed E-state index contributed by atoms with van der Waals surface area (Å²) in [5.74, 6) is 3.14. The van der Waals surface area contributed by atoms with Crippen LogP contribution in [0.25, 0.3) is 21.8 Å². The number of rotatable bonds is 10. The number of anilines is 2. The summed E-state index contributed by atoms with van der Waals surface area (Å²) in [6.45, 7) is 9.18. The zero-order valence-corrected chi connectivity index (χ0v) is 31.4. The Hall–Kier alpha value is -5.43. The van der Waals surface area contributed by atoms with Crippen molar-refractivity contribution in [3.05, 3.63) is 107 Å². The van der Waals surface area contributed by atoms with Crippen LogP contribution in [-0.4, -0.2) is 86.8 Å². The van der Waals surface area contributed by atoms with Crippen molar-refractivity contribution >= 4 is 44.8 Å². The van der Waals surface area contributed by atoms with Gasteiger partial charge in [0.1, 0.15) is 54.0 Å². The zero-order chi connectivity index (χ0) is 37.3. The van der Waals surface area contributed by atoms with E-state index < -0.39 is 0 Å². The second-order valence-electron chi connectivity index (χ2n) is 12.8. The van der Waals surface area contributed by atoms with Crippen molar-refractivity contribution in [3.63, 3.8) is 0 Å². The van der Waals surface area contributed by atoms with Gasteiger partial charge in [0.25, 0.3) is 0 Å². The van der Waals surface area contributed by atoms with Gasteiger partial charge in [0.2, 0.25) is 0 Å². The SMILES string of the molecule is COc1ccc(COc2cc(N3CCOCC3)cc3ncnc(C)c23)cc1.COc1ccc(COc2cc(N3CCOCC3)cc3ncnc(Cl)c23)cc1. The molecular weight excluding hydrogens is 708 g/mol. The lowest BCUT2D eigenvalue weighted by Gasteiger charge is -2.29. The fourth-order valence-electron chi connectivity index (χ4n) is 6.40. The second kappa shape index (κ2) is 17.6. The first kappa shape index (κ1) is 36.9. The Kier molecular flexibility index (Phi) is 12.0. The van der Waals surface area contributed by atoms with Gasteiger partial charge in [0, 0.05) is 49.7 Å². The number of benzene rings is 4. The van der Waals surface area contributed by atoms with Crippen molar-refractivity contribution in [2.24, 2.45) is 0 Å². The number of morpholine rings is 2. The predicted octanol–water partition coefficient (Wildman–Crippen LogP) is 7.07. The normalized spacial score (nSPS) is 14.4. The average molecular weight is 751 g/mol. The fourth-order valence-corrected chi connectivity index (χ4v) is 6.63. The van der Waals surface area contributed by atoms with Gasteiger partial charge in [0.05, 0.1) is 68.1 Å². The van der Waals surface area contributed by atoms with Crippen LogP contribution in [0.2, 0.25) is 5.15 Å². The number of hydrogen-bond acceptors (Lipinski definition) is 12. The molecule has 13 heteroatoms. The Morgan fingerprint density at radius 1 is 0.593 bits per heavy atom. The number of halogens is 1.